The monoisotopic (exact) mass is 497 g/mol. The van der Waals surface area contributed by atoms with E-state index in [0.717, 1.165) is 25.3 Å². The lowest BCUT2D eigenvalue weighted by molar-refractivity contribution is 0.0761. The summed E-state index contributed by atoms with van der Waals surface area (Å²) in [6.07, 6.45) is 0. The van der Waals surface area contributed by atoms with Crippen LogP contribution in [-0.4, -0.2) is 79.7 Å². The molecule has 1 aromatic rings. The zero-order valence-electron chi connectivity index (χ0n) is 22.3. The number of nitrogens with zero attached hydrogens (tertiary/aromatic N) is 1. The SMILES string of the molecule is CCN(CC)C(=O)c1cc(OCCOCC[Si](C)(C)C)ccc1OCCOCC[Si](C)(C)C. The molecular weight excluding hydrogens is 450 g/mol. The molecule has 1 aromatic carbocycles. The van der Waals surface area contributed by atoms with Crippen molar-refractivity contribution in [3.05, 3.63) is 23.8 Å². The number of ether oxygens (including phenoxy) is 4. The second-order valence-corrected chi connectivity index (χ2v) is 21.9. The lowest BCUT2D eigenvalue weighted by Gasteiger charge is -2.21. The van der Waals surface area contributed by atoms with Crippen LogP contribution in [0.25, 0.3) is 0 Å². The van der Waals surface area contributed by atoms with Gasteiger partial charge in [0.15, 0.2) is 0 Å². The molecule has 0 aliphatic heterocycles. The van der Waals surface area contributed by atoms with Crippen molar-refractivity contribution < 1.29 is 23.7 Å². The van der Waals surface area contributed by atoms with Crippen molar-refractivity contribution in [1.82, 2.24) is 4.90 Å². The van der Waals surface area contributed by atoms with Crippen LogP contribution in [0.3, 0.4) is 0 Å². The van der Waals surface area contributed by atoms with Crippen LogP contribution >= 0.6 is 0 Å². The summed E-state index contributed by atoms with van der Waals surface area (Å²) in [7, 11) is -2.18. The van der Waals surface area contributed by atoms with Crippen molar-refractivity contribution in [3.63, 3.8) is 0 Å². The second-order valence-electron chi connectivity index (χ2n) is 10.7. The molecule has 0 spiro atoms. The Morgan fingerprint density at radius 2 is 1.27 bits per heavy atom. The van der Waals surface area contributed by atoms with E-state index >= 15 is 0 Å². The first-order valence-electron chi connectivity index (χ1n) is 12.3. The van der Waals surface area contributed by atoms with Gasteiger partial charge < -0.3 is 23.8 Å². The molecule has 0 aliphatic rings. The number of carbonyl (C=O) groups is 1. The summed E-state index contributed by atoms with van der Waals surface area (Å²) >= 11 is 0. The maximum absolute atomic E-state index is 13.1. The predicted octanol–water partition coefficient (Wildman–Crippen LogP) is 5.64. The summed E-state index contributed by atoms with van der Waals surface area (Å²) in [5.74, 6) is 1.17. The predicted molar refractivity (Wildman–Crippen MR) is 143 cm³/mol. The summed E-state index contributed by atoms with van der Waals surface area (Å²) in [6, 6.07) is 7.72. The van der Waals surface area contributed by atoms with Gasteiger partial charge in [-0.15, -0.1) is 0 Å². The summed E-state index contributed by atoms with van der Waals surface area (Å²) in [5, 5.41) is 0. The molecule has 1 amide bonds. The van der Waals surface area contributed by atoms with Crippen molar-refractivity contribution in [3.8, 4) is 11.5 Å². The van der Waals surface area contributed by atoms with E-state index in [2.05, 4.69) is 39.3 Å². The normalized spacial score (nSPS) is 12.0. The minimum absolute atomic E-state index is 0.0495. The average molecular weight is 498 g/mol. The molecule has 0 aromatic heterocycles. The Bertz CT molecular complexity index is 697. The first kappa shape index (κ1) is 29.7. The van der Waals surface area contributed by atoms with Crippen molar-refractivity contribution in [2.75, 3.05) is 52.7 Å². The number of rotatable bonds is 17. The quantitative estimate of drug-likeness (QED) is 0.206. The third-order valence-electron chi connectivity index (χ3n) is 5.21. The molecule has 6 nitrogen and oxygen atoms in total. The lowest BCUT2D eigenvalue weighted by atomic mass is 10.1. The maximum atomic E-state index is 13.1. The number of amides is 1. The molecule has 0 radical (unpaired) electrons. The highest BCUT2D eigenvalue weighted by molar-refractivity contribution is 6.76. The highest BCUT2D eigenvalue weighted by Gasteiger charge is 2.19. The van der Waals surface area contributed by atoms with E-state index in [1.54, 1.807) is 11.0 Å². The molecule has 0 fully saturated rings. The second kappa shape index (κ2) is 14.8. The van der Waals surface area contributed by atoms with Gasteiger partial charge in [0, 0.05) is 42.5 Å². The van der Waals surface area contributed by atoms with E-state index in [4.69, 9.17) is 18.9 Å². The Balaban J connectivity index is 2.67. The summed E-state index contributed by atoms with van der Waals surface area (Å²) in [6.45, 7) is 22.7. The minimum atomic E-state index is -1.10. The summed E-state index contributed by atoms with van der Waals surface area (Å²) < 4.78 is 23.2. The fourth-order valence-corrected chi connectivity index (χ4v) is 4.48. The molecule has 0 aliphatic carbocycles. The third-order valence-corrected chi connectivity index (χ3v) is 8.61. The molecule has 190 valence electrons. The standard InChI is InChI=1S/C25H47NO5Si2/c1-9-26(10-2)25(27)23-21-22(30-15-13-28-17-19-32(3,4)5)11-12-24(23)31-16-14-29-18-20-33(6,7)8/h11-12,21H,9-10,13-20H2,1-8H3. The minimum Gasteiger partial charge on any atom is -0.491 e. The van der Waals surface area contributed by atoms with Crippen LogP contribution in [0.2, 0.25) is 51.4 Å². The van der Waals surface area contributed by atoms with Crippen LogP contribution in [0.1, 0.15) is 24.2 Å². The molecule has 0 unspecified atom stereocenters. The van der Waals surface area contributed by atoms with E-state index in [1.165, 1.54) is 0 Å². The topological polar surface area (TPSA) is 57.2 Å². The zero-order chi connectivity index (χ0) is 24.9. The van der Waals surface area contributed by atoms with Crippen LogP contribution in [-0.2, 0) is 9.47 Å². The Morgan fingerprint density at radius 1 is 0.758 bits per heavy atom. The molecule has 0 atom stereocenters. The van der Waals surface area contributed by atoms with Crippen molar-refractivity contribution in [2.24, 2.45) is 0 Å². The van der Waals surface area contributed by atoms with E-state index in [-0.39, 0.29) is 5.91 Å². The largest absolute Gasteiger partial charge is 0.491 e. The first-order chi connectivity index (χ1) is 15.5. The van der Waals surface area contributed by atoms with Gasteiger partial charge in [-0.2, -0.15) is 0 Å². The Hall–Kier alpha value is -1.36. The number of hydrogen-bond acceptors (Lipinski definition) is 5. The lowest BCUT2D eigenvalue weighted by Crippen LogP contribution is -2.31. The first-order valence-corrected chi connectivity index (χ1v) is 19.7. The van der Waals surface area contributed by atoms with Crippen LogP contribution in [0.4, 0.5) is 0 Å². The molecule has 33 heavy (non-hydrogen) atoms. The van der Waals surface area contributed by atoms with E-state index in [0.29, 0.717) is 56.6 Å². The van der Waals surface area contributed by atoms with Gasteiger partial charge in [-0.3, -0.25) is 4.79 Å². The molecule has 1 rings (SSSR count). The smallest absolute Gasteiger partial charge is 0.257 e. The van der Waals surface area contributed by atoms with E-state index in [1.807, 2.05) is 26.0 Å². The molecule has 0 bridgehead atoms. The van der Waals surface area contributed by atoms with Gasteiger partial charge >= 0.3 is 0 Å². The third kappa shape index (κ3) is 13.2. The van der Waals surface area contributed by atoms with Gasteiger partial charge in [-0.25, -0.2) is 0 Å². The molecule has 8 heteroatoms. The average Bonchev–Trinajstić information content (AvgIpc) is 2.72. The Kier molecular flexibility index (Phi) is 13.3. The molecule has 0 saturated carbocycles. The van der Waals surface area contributed by atoms with E-state index in [9.17, 15) is 4.79 Å². The van der Waals surface area contributed by atoms with Crippen molar-refractivity contribution in [1.29, 1.82) is 0 Å². The van der Waals surface area contributed by atoms with Crippen LogP contribution < -0.4 is 9.47 Å². The number of carbonyl (C=O) groups excluding carboxylic acids is 1. The van der Waals surface area contributed by atoms with Gasteiger partial charge in [0.2, 0.25) is 0 Å². The Morgan fingerprint density at radius 3 is 1.76 bits per heavy atom. The molecular formula is C25H47NO5Si2. The van der Waals surface area contributed by atoms with Gasteiger partial charge in [0.1, 0.15) is 24.7 Å². The van der Waals surface area contributed by atoms with Gasteiger partial charge in [-0.05, 0) is 44.1 Å². The van der Waals surface area contributed by atoms with Crippen molar-refractivity contribution >= 4 is 22.1 Å². The highest BCUT2D eigenvalue weighted by atomic mass is 28.3. The molecule has 0 saturated heterocycles. The van der Waals surface area contributed by atoms with Gasteiger partial charge in [-0.1, -0.05) is 39.3 Å². The molecule has 0 N–H and O–H groups in total. The molecule has 0 heterocycles. The number of benzene rings is 1. The summed E-state index contributed by atoms with van der Waals surface area (Å²) in [5.41, 5.74) is 0.526. The summed E-state index contributed by atoms with van der Waals surface area (Å²) in [4.78, 5) is 14.9. The zero-order valence-corrected chi connectivity index (χ0v) is 24.3. The highest BCUT2D eigenvalue weighted by Crippen LogP contribution is 2.26. The van der Waals surface area contributed by atoms with Crippen LogP contribution in [0.15, 0.2) is 18.2 Å². The number of hydrogen-bond donors (Lipinski definition) is 0. The van der Waals surface area contributed by atoms with Crippen molar-refractivity contribution in [2.45, 2.75) is 65.2 Å². The Labute approximate surface area is 204 Å². The fourth-order valence-electron chi connectivity index (χ4n) is 2.96. The van der Waals surface area contributed by atoms with Gasteiger partial charge in [0.05, 0.1) is 18.8 Å². The van der Waals surface area contributed by atoms with Gasteiger partial charge in [0.25, 0.3) is 5.91 Å². The van der Waals surface area contributed by atoms with Crippen LogP contribution in [0.5, 0.6) is 11.5 Å². The van der Waals surface area contributed by atoms with E-state index < -0.39 is 16.1 Å². The van der Waals surface area contributed by atoms with Crippen LogP contribution in [0, 0.1) is 0 Å². The fraction of sp³-hybridized carbons (Fsp3) is 0.720. The maximum Gasteiger partial charge on any atom is 0.257 e.